The number of nitrogens with one attached hydrogen (secondary N) is 1. The van der Waals surface area contributed by atoms with Gasteiger partial charge in [0.25, 0.3) is 0 Å². The minimum absolute atomic E-state index is 0.0393. The number of halogens is 3. The molecule has 23 heavy (non-hydrogen) atoms. The summed E-state index contributed by atoms with van der Waals surface area (Å²) in [5.74, 6) is -2.28. The second-order valence-electron chi connectivity index (χ2n) is 6.43. The monoisotopic (exact) mass is 359 g/mol. The summed E-state index contributed by atoms with van der Waals surface area (Å²) < 4.78 is 58.5. The third kappa shape index (κ3) is 8.15. The van der Waals surface area contributed by atoms with E-state index in [1.54, 1.807) is 27.7 Å². The van der Waals surface area contributed by atoms with Crippen molar-refractivity contribution in [3.05, 3.63) is 0 Å². The molecule has 0 aromatic carbocycles. The van der Waals surface area contributed by atoms with Crippen molar-refractivity contribution in [3.63, 3.8) is 0 Å². The standard InChI is InChI=1S/C15H28F3NO3S/c1-6-8-9-11(13(20)22-10-7-2)12(15(16,17)18)19-23(21)14(3,4)5/h11-12,19H,6-10H2,1-5H3/t11-,12-,23-/m0/s1. The first-order chi connectivity index (χ1) is 10.4. The number of carbonyl (C=O) groups is 1. The second kappa shape index (κ2) is 9.61. The van der Waals surface area contributed by atoms with E-state index in [0.29, 0.717) is 19.3 Å². The van der Waals surface area contributed by atoms with Crippen LogP contribution in [0.5, 0.6) is 0 Å². The lowest BCUT2D eigenvalue weighted by Crippen LogP contribution is -2.53. The number of hydrogen-bond acceptors (Lipinski definition) is 3. The van der Waals surface area contributed by atoms with Crippen LogP contribution in [0.1, 0.15) is 60.3 Å². The number of carbonyl (C=O) groups excluding carboxylic acids is 1. The van der Waals surface area contributed by atoms with Gasteiger partial charge in [-0.25, -0.2) is 8.93 Å². The first-order valence-electron chi connectivity index (χ1n) is 7.86. The van der Waals surface area contributed by atoms with Crippen LogP contribution in [0.3, 0.4) is 0 Å². The molecule has 0 aromatic rings. The molecule has 0 unspecified atom stereocenters. The molecule has 1 N–H and O–H groups in total. The largest absolute Gasteiger partial charge is 0.465 e. The predicted octanol–water partition coefficient (Wildman–Crippen LogP) is 3.73. The van der Waals surface area contributed by atoms with E-state index in [1.807, 2.05) is 6.92 Å². The topological polar surface area (TPSA) is 55.4 Å². The molecular weight excluding hydrogens is 331 g/mol. The van der Waals surface area contributed by atoms with Crippen molar-refractivity contribution in [1.29, 1.82) is 0 Å². The van der Waals surface area contributed by atoms with Crippen molar-refractivity contribution < 1.29 is 26.9 Å². The van der Waals surface area contributed by atoms with Gasteiger partial charge in [-0.3, -0.25) is 4.79 Å². The lowest BCUT2D eigenvalue weighted by atomic mass is 9.94. The molecule has 4 nitrogen and oxygen atoms in total. The Morgan fingerprint density at radius 2 is 1.74 bits per heavy atom. The average Bonchev–Trinajstić information content (AvgIpc) is 2.41. The van der Waals surface area contributed by atoms with Gasteiger partial charge in [-0.2, -0.15) is 13.2 Å². The van der Waals surface area contributed by atoms with Crippen LogP contribution in [0.25, 0.3) is 0 Å². The van der Waals surface area contributed by atoms with Gasteiger partial charge < -0.3 is 4.74 Å². The molecule has 0 aliphatic rings. The molecule has 0 saturated heterocycles. The van der Waals surface area contributed by atoms with E-state index in [0.717, 1.165) is 0 Å². The first-order valence-corrected chi connectivity index (χ1v) is 9.01. The van der Waals surface area contributed by atoms with Gasteiger partial charge in [-0.15, -0.1) is 0 Å². The number of hydrogen-bond donors (Lipinski definition) is 1. The quantitative estimate of drug-likeness (QED) is 0.638. The van der Waals surface area contributed by atoms with E-state index in [9.17, 15) is 22.2 Å². The Morgan fingerprint density at radius 3 is 2.13 bits per heavy atom. The van der Waals surface area contributed by atoms with Crippen LogP contribution in [0.15, 0.2) is 0 Å². The molecule has 0 heterocycles. The van der Waals surface area contributed by atoms with Gasteiger partial charge in [-0.1, -0.05) is 26.7 Å². The maximum Gasteiger partial charge on any atom is 0.405 e. The molecule has 0 bridgehead atoms. The highest BCUT2D eigenvalue weighted by molar-refractivity contribution is 7.84. The Kier molecular flexibility index (Phi) is 9.35. The minimum atomic E-state index is -4.69. The fraction of sp³-hybridized carbons (Fsp3) is 0.933. The van der Waals surface area contributed by atoms with Crippen LogP contribution < -0.4 is 4.72 Å². The highest BCUT2D eigenvalue weighted by Gasteiger charge is 2.49. The summed E-state index contributed by atoms with van der Waals surface area (Å²) in [7, 11) is -1.94. The zero-order valence-electron chi connectivity index (χ0n) is 14.5. The molecule has 0 saturated carbocycles. The third-order valence-electron chi connectivity index (χ3n) is 3.17. The molecule has 138 valence electrons. The Balaban J connectivity index is 5.38. The van der Waals surface area contributed by atoms with E-state index in [-0.39, 0.29) is 13.0 Å². The smallest absolute Gasteiger partial charge is 0.405 e. The zero-order chi connectivity index (χ0) is 18.3. The Morgan fingerprint density at radius 1 is 1.17 bits per heavy atom. The highest BCUT2D eigenvalue weighted by atomic mass is 32.2. The maximum atomic E-state index is 13.4. The van der Waals surface area contributed by atoms with Gasteiger partial charge in [0.15, 0.2) is 0 Å². The molecule has 8 heteroatoms. The van der Waals surface area contributed by atoms with Crippen LogP contribution in [0, 0.1) is 5.92 Å². The van der Waals surface area contributed by atoms with Gasteiger partial charge in [0.1, 0.15) is 6.04 Å². The van der Waals surface area contributed by atoms with Gasteiger partial charge in [0.05, 0.1) is 28.3 Å². The molecule has 0 radical (unpaired) electrons. The molecule has 0 fully saturated rings. The lowest BCUT2D eigenvalue weighted by Gasteiger charge is -2.30. The zero-order valence-corrected chi connectivity index (χ0v) is 15.3. The molecular formula is C15H28F3NO3S. The van der Waals surface area contributed by atoms with Gasteiger partial charge in [-0.05, 0) is 33.6 Å². The predicted molar refractivity (Wildman–Crippen MR) is 85.1 cm³/mol. The Bertz CT molecular complexity index is 394. The average molecular weight is 359 g/mol. The fourth-order valence-electron chi connectivity index (χ4n) is 1.82. The van der Waals surface area contributed by atoms with Crippen molar-refractivity contribution in [3.8, 4) is 0 Å². The molecule has 0 aromatic heterocycles. The fourth-order valence-corrected chi connectivity index (χ4v) is 2.71. The molecule has 0 aliphatic carbocycles. The number of esters is 1. The van der Waals surface area contributed by atoms with Crippen LogP contribution in [-0.2, 0) is 20.5 Å². The first kappa shape index (κ1) is 22.4. The summed E-state index contributed by atoms with van der Waals surface area (Å²) in [6, 6.07) is -2.18. The number of rotatable bonds is 9. The number of ether oxygens (including phenoxy) is 1. The second-order valence-corrected chi connectivity index (χ2v) is 8.43. The van der Waals surface area contributed by atoms with Crippen LogP contribution in [0.4, 0.5) is 13.2 Å². The van der Waals surface area contributed by atoms with Gasteiger partial charge in [0.2, 0.25) is 0 Å². The lowest BCUT2D eigenvalue weighted by molar-refractivity contribution is -0.179. The van der Waals surface area contributed by atoms with Gasteiger partial charge >= 0.3 is 12.1 Å². The summed E-state index contributed by atoms with van der Waals surface area (Å²) in [5.41, 5.74) is 0. The molecule has 0 spiro atoms. The van der Waals surface area contributed by atoms with Crippen molar-refractivity contribution in [2.24, 2.45) is 5.92 Å². The van der Waals surface area contributed by atoms with E-state index < -0.39 is 39.8 Å². The van der Waals surface area contributed by atoms with E-state index >= 15 is 0 Å². The minimum Gasteiger partial charge on any atom is -0.465 e. The van der Waals surface area contributed by atoms with Crippen LogP contribution in [-0.4, -0.2) is 33.8 Å². The molecule has 3 atom stereocenters. The van der Waals surface area contributed by atoms with Crippen molar-refractivity contribution in [2.45, 2.75) is 77.3 Å². The van der Waals surface area contributed by atoms with Gasteiger partial charge in [0, 0.05) is 0 Å². The van der Waals surface area contributed by atoms with Crippen molar-refractivity contribution in [1.82, 2.24) is 4.72 Å². The van der Waals surface area contributed by atoms with Crippen molar-refractivity contribution in [2.75, 3.05) is 6.61 Å². The summed E-state index contributed by atoms with van der Waals surface area (Å²) in [4.78, 5) is 12.1. The number of alkyl halides is 3. The summed E-state index contributed by atoms with van der Waals surface area (Å²) in [5, 5.41) is 0. The SMILES string of the molecule is CCCC[C@H](C(=O)OCCC)[C@H](N[S@@](=O)C(C)(C)C)C(F)(F)F. The number of unbranched alkanes of at least 4 members (excludes halogenated alkanes) is 1. The summed E-state index contributed by atoms with van der Waals surface area (Å²) >= 11 is 0. The highest BCUT2D eigenvalue weighted by Crippen LogP contribution is 2.31. The molecule has 0 rings (SSSR count). The van der Waals surface area contributed by atoms with E-state index in [2.05, 4.69) is 4.72 Å². The normalized spacial score (nSPS) is 16.7. The van der Waals surface area contributed by atoms with Crippen LogP contribution >= 0.6 is 0 Å². The molecule has 0 aliphatic heterocycles. The third-order valence-corrected chi connectivity index (χ3v) is 4.75. The van der Waals surface area contributed by atoms with E-state index in [4.69, 9.17) is 4.74 Å². The van der Waals surface area contributed by atoms with Crippen LogP contribution in [0.2, 0.25) is 0 Å². The Labute approximate surface area is 139 Å². The Hall–Kier alpha value is -0.630. The van der Waals surface area contributed by atoms with E-state index in [1.165, 1.54) is 0 Å². The maximum absolute atomic E-state index is 13.4. The summed E-state index contributed by atoms with van der Waals surface area (Å²) in [6.07, 6.45) is -3.00. The van der Waals surface area contributed by atoms with Crippen molar-refractivity contribution >= 4 is 17.0 Å². The summed E-state index contributed by atoms with van der Waals surface area (Å²) in [6.45, 7) is 8.38. The molecule has 0 amide bonds.